The highest BCUT2D eigenvalue weighted by atomic mass is 16.5. The monoisotopic (exact) mass is 289 g/mol. The molecule has 3 rings (SSSR count). The maximum Gasteiger partial charge on any atom is 0.119 e. The van der Waals surface area contributed by atoms with Gasteiger partial charge in [-0.2, -0.15) is 0 Å². The minimum atomic E-state index is 0.313. The van der Waals surface area contributed by atoms with Crippen LogP contribution in [0.25, 0.3) is 0 Å². The van der Waals surface area contributed by atoms with Crippen molar-refractivity contribution in [2.24, 2.45) is 5.73 Å². The van der Waals surface area contributed by atoms with E-state index >= 15 is 0 Å². The average molecular weight is 289 g/mol. The van der Waals surface area contributed by atoms with Crippen molar-refractivity contribution in [3.05, 3.63) is 29.8 Å². The lowest BCUT2D eigenvalue weighted by Crippen LogP contribution is -2.52. The lowest BCUT2D eigenvalue weighted by Gasteiger charge is -2.41. The van der Waals surface area contributed by atoms with Crippen LogP contribution in [-0.4, -0.2) is 55.2 Å². The summed E-state index contributed by atoms with van der Waals surface area (Å²) < 4.78 is 5.63. The Balaban J connectivity index is 1.73. The lowest BCUT2D eigenvalue weighted by atomic mass is 10.0. The fraction of sp³-hybridized carbons (Fsp3) is 0.647. The molecule has 21 heavy (non-hydrogen) atoms. The first-order valence-electron chi connectivity index (χ1n) is 8.22. The second-order valence-corrected chi connectivity index (χ2v) is 6.08. The van der Waals surface area contributed by atoms with Crippen molar-refractivity contribution in [2.75, 3.05) is 39.3 Å². The van der Waals surface area contributed by atoms with Crippen LogP contribution in [0.2, 0.25) is 0 Å². The molecule has 0 aliphatic carbocycles. The second kappa shape index (κ2) is 6.77. The van der Waals surface area contributed by atoms with Gasteiger partial charge in [-0.15, -0.1) is 0 Å². The number of piperazine rings is 1. The van der Waals surface area contributed by atoms with Gasteiger partial charge in [0.05, 0.1) is 6.61 Å². The first-order chi connectivity index (χ1) is 10.3. The van der Waals surface area contributed by atoms with Gasteiger partial charge in [-0.1, -0.05) is 12.1 Å². The van der Waals surface area contributed by atoms with Gasteiger partial charge in [0, 0.05) is 38.3 Å². The highest BCUT2D eigenvalue weighted by Crippen LogP contribution is 2.29. The Morgan fingerprint density at radius 3 is 3.05 bits per heavy atom. The van der Waals surface area contributed by atoms with Gasteiger partial charge in [-0.3, -0.25) is 9.80 Å². The summed E-state index contributed by atoms with van der Waals surface area (Å²) in [5, 5.41) is 0. The van der Waals surface area contributed by atoms with E-state index in [0.29, 0.717) is 19.2 Å². The SMILES string of the molecule is CCOc1cccc(C(CN)N2CCN3CCCC3C2)c1. The Kier molecular flexibility index (Phi) is 4.78. The van der Waals surface area contributed by atoms with E-state index in [0.717, 1.165) is 24.9 Å². The van der Waals surface area contributed by atoms with Crippen molar-refractivity contribution >= 4 is 0 Å². The largest absolute Gasteiger partial charge is 0.494 e. The van der Waals surface area contributed by atoms with Gasteiger partial charge < -0.3 is 10.5 Å². The van der Waals surface area contributed by atoms with E-state index in [1.807, 2.05) is 13.0 Å². The molecular formula is C17H27N3O. The zero-order chi connectivity index (χ0) is 14.7. The third-order valence-corrected chi connectivity index (χ3v) is 4.84. The Morgan fingerprint density at radius 1 is 1.33 bits per heavy atom. The van der Waals surface area contributed by atoms with Gasteiger partial charge in [0.25, 0.3) is 0 Å². The molecule has 116 valence electrons. The molecule has 2 aliphatic rings. The molecule has 2 fully saturated rings. The molecule has 0 amide bonds. The molecule has 4 nitrogen and oxygen atoms in total. The maximum atomic E-state index is 6.10. The van der Waals surface area contributed by atoms with Crippen molar-refractivity contribution < 1.29 is 4.74 Å². The van der Waals surface area contributed by atoms with Crippen molar-refractivity contribution in [3.63, 3.8) is 0 Å². The van der Waals surface area contributed by atoms with Crippen LogP contribution in [0.3, 0.4) is 0 Å². The molecule has 4 heteroatoms. The molecule has 1 aromatic carbocycles. The number of nitrogens with zero attached hydrogens (tertiary/aromatic N) is 2. The van der Waals surface area contributed by atoms with E-state index in [9.17, 15) is 0 Å². The Labute approximate surface area is 127 Å². The number of fused-ring (bicyclic) bond motifs is 1. The minimum Gasteiger partial charge on any atom is -0.494 e. The molecular weight excluding hydrogens is 262 g/mol. The van der Waals surface area contributed by atoms with Crippen molar-refractivity contribution in [3.8, 4) is 5.75 Å². The fourth-order valence-electron chi connectivity index (χ4n) is 3.77. The molecule has 1 aromatic rings. The summed E-state index contributed by atoms with van der Waals surface area (Å²) in [4.78, 5) is 5.21. The molecule has 2 heterocycles. The summed E-state index contributed by atoms with van der Waals surface area (Å²) in [6.07, 6.45) is 2.69. The predicted octanol–water partition coefficient (Wildman–Crippen LogP) is 1.87. The van der Waals surface area contributed by atoms with Gasteiger partial charge >= 0.3 is 0 Å². The van der Waals surface area contributed by atoms with Crippen LogP contribution < -0.4 is 10.5 Å². The fourth-order valence-corrected chi connectivity index (χ4v) is 3.77. The second-order valence-electron chi connectivity index (χ2n) is 6.08. The van der Waals surface area contributed by atoms with Crippen molar-refractivity contribution in [1.29, 1.82) is 0 Å². The molecule has 0 bridgehead atoms. The van der Waals surface area contributed by atoms with Crippen LogP contribution in [0.15, 0.2) is 24.3 Å². The number of ether oxygens (including phenoxy) is 1. The van der Waals surface area contributed by atoms with Crippen molar-refractivity contribution in [2.45, 2.75) is 31.8 Å². The number of nitrogens with two attached hydrogens (primary N) is 1. The topological polar surface area (TPSA) is 41.7 Å². The smallest absolute Gasteiger partial charge is 0.119 e. The van der Waals surface area contributed by atoms with Gasteiger partial charge in [-0.25, -0.2) is 0 Å². The van der Waals surface area contributed by atoms with Crippen molar-refractivity contribution in [1.82, 2.24) is 9.80 Å². The lowest BCUT2D eigenvalue weighted by molar-refractivity contribution is 0.0736. The van der Waals surface area contributed by atoms with E-state index in [4.69, 9.17) is 10.5 Å². The van der Waals surface area contributed by atoms with Gasteiger partial charge in [0.2, 0.25) is 0 Å². The first kappa shape index (κ1) is 14.8. The first-order valence-corrected chi connectivity index (χ1v) is 8.22. The van der Waals surface area contributed by atoms with Crippen LogP contribution in [-0.2, 0) is 0 Å². The quantitative estimate of drug-likeness (QED) is 0.898. The maximum absolute atomic E-state index is 6.10. The van der Waals surface area contributed by atoms with Gasteiger partial charge in [0.15, 0.2) is 0 Å². The minimum absolute atomic E-state index is 0.313. The third-order valence-electron chi connectivity index (χ3n) is 4.84. The van der Waals surface area contributed by atoms with Crippen LogP contribution >= 0.6 is 0 Å². The standard InChI is InChI=1S/C17H27N3O/c1-2-21-16-7-3-5-14(11-16)17(12-18)20-10-9-19-8-4-6-15(19)13-20/h3,5,7,11,15,17H,2,4,6,8-10,12-13,18H2,1H3. The number of benzene rings is 1. The summed E-state index contributed by atoms with van der Waals surface area (Å²) >= 11 is 0. The van der Waals surface area contributed by atoms with Crippen LogP contribution in [0.1, 0.15) is 31.4 Å². The van der Waals surface area contributed by atoms with E-state index in [1.165, 1.54) is 31.5 Å². The van der Waals surface area contributed by atoms with E-state index < -0.39 is 0 Å². The predicted molar refractivity (Wildman–Crippen MR) is 85.6 cm³/mol. The van der Waals surface area contributed by atoms with Crippen LogP contribution in [0, 0.1) is 0 Å². The number of hydrogen-bond acceptors (Lipinski definition) is 4. The zero-order valence-corrected chi connectivity index (χ0v) is 13.0. The van der Waals surface area contributed by atoms with Gasteiger partial charge in [-0.05, 0) is 44.0 Å². The molecule has 2 N–H and O–H groups in total. The van der Waals surface area contributed by atoms with E-state index in [-0.39, 0.29) is 0 Å². The number of hydrogen-bond donors (Lipinski definition) is 1. The normalized spacial score (nSPS) is 24.8. The zero-order valence-electron chi connectivity index (χ0n) is 13.0. The summed E-state index contributed by atoms with van der Waals surface area (Å²) in [7, 11) is 0. The summed E-state index contributed by atoms with van der Waals surface area (Å²) in [5.41, 5.74) is 7.39. The molecule has 0 aromatic heterocycles. The van der Waals surface area contributed by atoms with E-state index in [2.05, 4.69) is 28.0 Å². The molecule has 2 unspecified atom stereocenters. The molecule has 2 saturated heterocycles. The third kappa shape index (κ3) is 3.23. The number of rotatable bonds is 5. The van der Waals surface area contributed by atoms with Crippen LogP contribution in [0.5, 0.6) is 5.75 Å². The highest BCUT2D eigenvalue weighted by Gasteiger charge is 2.33. The summed E-state index contributed by atoms with van der Waals surface area (Å²) in [6, 6.07) is 9.49. The van der Waals surface area contributed by atoms with Gasteiger partial charge in [0.1, 0.15) is 5.75 Å². The van der Waals surface area contributed by atoms with Crippen LogP contribution in [0.4, 0.5) is 0 Å². The molecule has 0 spiro atoms. The Hall–Kier alpha value is -1.10. The Morgan fingerprint density at radius 2 is 2.24 bits per heavy atom. The molecule has 0 saturated carbocycles. The molecule has 0 radical (unpaired) electrons. The summed E-state index contributed by atoms with van der Waals surface area (Å²) in [6.45, 7) is 8.14. The molecule has 2 aliphatic heterocycles. The Bertz CT molecular complexity index is 465. The van der Waals surface area contributed by atoms with E-state index in [1.54, 1.807) is 0 Å². The average Bonchev–Trinajstić information content (AvgIpc) is 2.96. The summed E-state index contributed by atoms with van der Waals surface area (Å²) in [5.74, 6) is 0.952. The molecule has 2 atom stereocenters. The highest BCUT2D eigenvalue weighted by molar-refractivity contribution is 5.31.